The molecule has 0 bridgehead atoms. The molecule has 0 amide bonds. The second-order valence-electron chi connectivity index (χ2n) is 4.61. The molecule has 0 atom stereocenters. The third-order valence-corrected chi connectivity index (χ3v) is 2.13. The number of halogens is 6. The first-order chi connectivity index (χ1) is 7.35. The molecule has 1 heterocycles. The van der Waals surface area contributed by atoms with E-state index in [0.29, 0.717) is 12.1 Å². The summed E-state index contributed by atoms with van der Waals surface area (Å²) >= 11 is 0. The van der Waals surface area contributed by atoms with Gasteiger partial charge in [-0.1, -0.05) is 0 Å². The van der Waals surface area contributed by atoms with E-state index >= 15 is 0 Å². The minimum atomic E-state index is -4.81. The molecule has 0 fully saturated rings. The van der Waals surface area contributed by atoms with Crippen molar-refractivity contribution in [2.45, 2.75) is 38.7 Å². The van der Waals surface area contributed by atoms with Crippen LogP contribution in [0.15, 0.2) is 12.1 Å². The number of hydrogen-bond donors (Lipinski definition) is 0. The number of rotatable bonds is 0. The van der Waals surface area contributed by atoms with Crippen LogP contribution >= 0.6 is 0 Å². The largest absolute Gasteiger partial charge is 0.431 e. The van der Waals surface area contributed by atoms with Gasteiger partial charge in [0.05, 0.1) is 0 Å². The van der Waals surface area contributed by atoms with Gasteiger partial charge in [-0.25, -0.2) is 0 Å². The maximum absolute atomic E-state index is 12.6. The fraction of sp³-hybridized carbons (Fsp3) is 0.600. The molecule has 17 heavy (non-hydrogen) atoms. The quantitative estimate of drug-likeness (QED) is 0.613. The lowest BCUT2D eigenvalue weighted by molar-refractivity contribution is -0.156. The molecular weight excluding hydrogens is 248 g/mol. The van der Waals surface area contributed by atoms with Crippen molar-refractivity contribution >= 4 is 0 Å². The number of hydrogen-bond acceptors (Lipinski definition) is 0. The fourth-order valence-electron chi connectivity index (χ4n) is 1.60. The number of nitrogens with zero attached hydrogens (tertiary/aromatic N) is 1. The fourth-order valence-corrected chi connectivity index (χ4v) is 1.60. The molecule has 0 N–H and O–H groups in total. The van der Waals surface area contributed by atoms with E-state index in [0.717, 1.165) is 0 Å². The van der Waals surface area contributed by atoms with Crippen LogP contribution in [0.25, 0.3) is 0 Å². The van der Waals surface area contributed by atoms with E-state index in [-0.39, 0.29) is 4.57 Å². The van der Waals surface area contributed by atoms with Crippen LogP contribution in [-0.2, 0) is 17.9 Å². The average Bonchev–Trinajstić information content (AvgIpc) is 2.42. The molecular formula is C10H11F6N. The van der Waals surface area contributed by atoms with Crippen molar-refractivity contribution in [3.63, 3.8) is 0 Å². The summed E-state index contributed by atoms with van der Waals surface area (Å²) in [6, 6.07) is 0.905. The molecule has 98 valence electrons. The van der Waals surface area contributed by atoms with Gasteiger partial charge in [0.25, 0.3) is 0 Å². The maximum Gasteiger partial charge on any atom is 0.431 e. The molecule has 1 aromatic rings. The third-order valence-electron chi connectivity index (χ3n) is 2.13. The van der Waals surface area contributed by atoms with Crippen molar-refractivity contribution in [1.82, 2.24) is 4.57 Å². The van der Waals surface area contributed by atoms with Crippen LogP contribution in [0.1, 0.15) is 32.2 Å². The van der Waals surface area contributed by atoms with E-state index < -0.39 is 29.3 Å². The van der Waals surface area contributed by atoms with E-state index in [9.17, 15) is 26.3 Å². The van der Waals surface area contributed by atoms with Gasteiger partial charge in [0.2, 0.25) is 0 Å². The van der Waals surface area contributed by atoms with Crippen LogP contribution in [0.5, 0.6) is 0 Å². The lowest BCUT2D eigenvalue weighted by Crippen LogP contribution is -2.31. The van der Waals surface area contributed by atoms with Gasteiger partial charge < -0.3 is 4.57 Å². The highest BCUT2D eigenvalue weighted by atomic mass is 19.4. The summed E-state index contributed by atoms with van der Waals surface area (Å²) in [4.78, 5) is 0. The molecule has 0 aliphatic carbocycles. The van der Waals surface area contributed by atoms with Crippen molar-refractivity contribution in [2.24, 2.45) is 0 Å². The minimum Gasteiger partial charge on any atom is -0.328 e. The molecule has 1 aromatic heterocycles. The summed E-state index contributed by atoms with van der Waals surface area (Å²) in [6.45, 7) is 3.87. The Balaban J connectivity index is 3.53. The zero-order valence-corrected chi connectivity index (χ0v) is 9.37. The molecule has 0 radical (unpaired) electrons. The van der Waals surface area contributed by atoms with Crippen LogP contribution in [0.4, 0.5) is 26.3 Å². The number of aromatic nitrogens is 1. The van der Waals surface area contributed by atoms with Crippen LogP contribution in [0.3, 0.4) is 0 Å². The van der Waals surface area contributed by atoms with E-state index in [2.05, 4.69) is 0 Å². The molecule has 0 aromatic carbocycles. The maximum atomic E-state index is 12.6. The summed E-state index contributed by atoms with van der Waals surface area (Å²) in [7, 11) is 0. The first-order valence-corrected chi connectivity index (χ1v) is 4.72. The summed E-state index contributed by atoms with van der Waals surface area (Å²) in [5, 5.41) is 0. The van der Waals surface area contributed by atoms with Gasteiger partial charge in [0.15, 0.2) is 0 Å². The van der Waals surface area contributed by atoms with Crippen molar-refractivity contribution in [1.29, 1.82) is 0 Å². The Bertz CT molecular complexity index is 372. The minimum absolute atomic E-state index is 0.271. The Kier molecular flexibility index (Phi) is 3.01. The van der Waals surface area contributed by atoms with Crippen LogP contribution in [0, 0.1) is 0 Å². The molecule has 0 saturated heterocycles. The standard InChI is InChI=1S/C10H11F6N/c1-8(2,3)17-6(9(11,12)13)4-5-7(17)10(14,15)16/h4-5H,1-3H3. The molecule has 0 aliphatic heterocycles. The van der Waals surface area contributed by atoms with Crippen LogP contribution in [0.2, 0.25) is 0 Å². The smallest absolute Gasteiger partial charge is 0.328 e. The highest BCUT2D eigenvalue weighted by Crippen LogP contribution is 2.40. The highest BCUT2D eigenvalue weighted by Gasteiger charge is 2.44. The highest BCUT2D eigenvalue weighted by molar-refractivity contribution is 5.23. The Hall–Kier alpha value is -1.14. The SMILES string of the molecule is CC(C)(C)n1c(C(F)(F)F)ccc1C(F)(F)F. The van der Waals surface area contributed by atoms with Crippen LogP contribution in [-0.4, -0.2) is 4.57 Å². The van der Waals surface area contributed by atoms with Gasteiger partial charge in [-0.05, 0) is 32.9 Å². The zero-order valence-electron chi connectivity index (χ0n) is 9.37. The Labute approximate surface area is 94.0 Å². The lowest BCUT2D eigenvalue weighted by Gasteiger charge is -2.28. The van der Waals surface area contributed by atoms with Gasteiger partial charge in [-0.15, -0.1) is 0 Å². The summed E-state index contributed by atoms with van der Waals surface area (Å²) in [6.07, 6.45) is -9.62. The van der Waals surface area contributed by atoms with Gasteiger partial charge in [-0.2, -0.15) is 26.3 Å². The first kappa shape index (κ1) is 13.9. The topological polar surface area (TPSA) is 4.93 Å². The Morgan fingerprint density at radius 3 is 1.24 bits per heavy atom. The average molecular weight is 259 g/mol. The molecule has 7 heteroatoms. The molecule has 0 aliphatic rings. The molecule has 1 rings (SSSR count). The number of alkyl halides is 6. The van der Waals surface area contributed by atoms with Crippen molar-refractivity contribution < 1.29 is 26.3 Å². The van der Waals surface area contributed by atoms with E-state index in [1.54, 1.807) is 0 Å². The van der Waals surface area contributed by atoms with Gasteiger partial charge in [-0.3, -0.25) is 0 Å². The summed E-state index contributed by atoms with van der Waals surface area (Å²) in [5.74, 6) is 0. The van der Waals surface area contributed by atoms with Crippen molar-refractivity contribution in [3.8, 4) is 0 Å². The Morgan fingerprint density at radius 2 is 1.06 bits per heavy atom. The normalized spacial score (nSPS) is 14.2. The summed E-state index contributed by atoms with van der Waals surface area (Å²) < 4.78 is 75.8. The van der Waals surface area contributed by atoms with Crippen LogP contribution < -0.4 is 0 Å². The Morgan fingerprint density at radius 1 is 0.765 bits per heavy atom. The van der Waals surface area contributed by atoms with Gasteiger partial charge >= 0.3 is 12.4 Å². The molecule has 1 nitrogen and oxygen atoms in total. The van der Waals surface area contributed by atoms with Crippen molar-refractivity contribution in [2.75, 3.05) is 0 Å². The predicted molar refractivity (Wildman–Crippen MR) is 49.4 cm³/mol. The van der Waals surface area contributed by atoms with Crippen molar-refractivity contribution in [3.05, 3.63) is 23.5 Å². The molecule has 0 saturated carbocycles. The van der Waals surface area contributed by atoms with Gasteiger partial charge in [0.1, 0.15) is 11.4 Å². The van der Waals surface area contributed by atoms with E-state index in [1.165, 1.54) is 20.8 Å². The second kappa shape index (κ2) is 3.68. The second-order valence-corrected chi connectivity index (χ2v) is 4.61. The summed E-state index contributed by atoms with van der Waals surface area (Å²) in [5.41, 5.74) is -3.89. The predicted octanol–water partition coefficient (Wildman–Crippen LogP) is 4.28. The lowest BCUT2D eigenvalue weighted by atomic mass is 10.1. The molecule has 0 spiro atoms. The zero-order chi connectivity index (χ0) is 13.6. The molecule has 0 unspecified atom stereocenters. The third kappa shape index (κ3) is 2.76. The van der Waals surface area contributed by atoms with E-state index in [1.807, 2.05) is 0 Å². The monoisotopic (exact) mass is 259 g/mol. The van der Waals surface area contributed by atoms with E-state index in [4.69, 9.17) is 0 Å². The van der Waals surface area contributed by atoms with Gasteiger partial charge in [0, 0.05) is 5.54 Å². The first-order valence-electron chi connectivity index (χ1n) is 4.72.